The molecule has 0 rings (SSSR count). The summed E-state index contributed by atoms with van der Waals surface area (Å²) in [7, 11) is 0. The van der Waals surface area contributed by atoms with Crippen molar-refractivity contribution in [2.24, 2.45) is 5.92 Å². The fraction of sp³-hybridized carbons (Fsp3) is 0.944. The zero-order valence-electron chi connectivity index (χ0n) is 16.3. The molecule has 0 aliphatic rings. The first-order chi connectivity index (χ1) is 12.0. The number of rotatable bonds is 17. The van der Waals surface area contributed by atoms with Crippen LogP contribution in [0.15, 0.2) is 0 Å². The lowest BCUT2D eigenvalue weighted by molar-refractivity contribution is -0.125. The topological polar surface area (TPSA) is 68.8 Å². The van der Waals surface area contributed by atoms with Gasteiger partial charge in [0.15, 0.2) is 0 Å². The van der Waals surface area contributed by atoms with Crippen molar-refractivity contribution < 1.29 is 23.4 Å². The van der Waals surface area contributed by atoms with E-state index in [4.69, 9.17) is 14.2 Å². The third-order valence-electron chi connectivity index (χ3n) is 3.84. The highest BCUT2D eigenvalue weighted by atomic mass is 19.1. The Balaban J connectivity index is 3.46. The minimum atomic E-state index is -1.20. The van der Waals surface area contributed by atoms with E-state index in [1.165, 1.54) is 0 Å². The van der Waals surface area contributed by atoms with Crippen molar-refractivity contribution in [3.8, 4) is 0 Å². The van der Waals surface area contributed by atoms with Crippen LogP contribution in [-0.2, 0) is 19.0 Å². The van der Waals surface area contributed by atoms with E-state index in [9.17, 15) is 9.18 Å². The van der Waals surface area contributed by atoms with Crippen molar-refractivity contribution in [2.45, 2.75) is 52.8 Å². The third kappa shape index (κ3) is 14.1. The van der Waals surface area contributed by atoms with Gasteiger partial charge < -0.3 is 24.8 Å². The molecular weight excluding hydrogens is 327 g/mol. The van der Waals surface area contributed by atoms with E-state index in [1.807, 2.05) is 20.8 Å². The number of hydrogen-bond acceptors (Lipinski definition) is 5. The molecule has 0 radical (unpaired) electrons. The Labute approximate surface area is 152 Å². The Hall–Kier alpha value is -0.760. The highest BCUT2D eigenvalue weighted by Crippen LogP contribution is 2.07. The summed E-state index contributed by atoms with van der Waals surface area (Å²) in [4.78, 5) is 11.7. The molecule has 0 aromatic carbocycles. The van der Waals surface area contributed by atoms with Crippen LogP contribution >= 0.6 is 0 Å². The van der Waals surface area contributed by atoms with Crippen molar-refractivity contribution in [3.05, 3.63) is 0 Å². The van der Waals surface area contributed by atoms with Crippen molar-refractivity contribution in [1.29, 1.82) is 0 Å². The molecule has 0 aliphatic carbocycles. The zero-order chi connectivity index (χ0) is 18.9. The van der Waals surface area contributed by atoms with Crippen molar-refractivity contribution in [1.82, 2.24) is 10.6 Å². The normalized spacial score (nSPS) is 13.8. The SMILES string of the molecule is CCNCC(C)OCCOCCOCC(F)CNC(=O)C(CC)CC. The lowest BCUT2D eigenvalue weighted by atomic mass is 10.0. The quantitative estimate of drug-likeness (QED) is 0.386. The number of nitrogens with one attached hydrogen (secondary N) is 2. The number of halogens is 1. The van der Waals surface area contributed by atoms with E-state index in [2.05, 4.69) is 17.6 Å². The minimum Gasteiger partial charge on any atom is -0.377 e. The number of carbonyl (C=O) groups excluding carboxylic acids is 1. The van der Waals surface area contributed by atoms with Gasteiger partial charge in [0.05, 0.1) is 45.7 Å². The van der Waals surface area contributed by atoms with Gasteiger partial charge >= 0.3 is 0 Å². The van der Waals surface area contributed by atoms with Gasteiger partial charge in [-0.25, -0.2) is 4.39 Å². The molecular formula is C18H37FN2O4. The Morgan fingerprint density at radius 2 is 1.64 bits per heavy atom. The van der Waals surface area contributed by atoms with Crippen LogP contribution < -0.4 is 10.6 Å². The second-order valence-corrected chi connectivity index (χ2v) is 6.03. The Bertz CT molecular complexity index is 317. The van der Waals surface area contributed by atoms with E-state index in [1.54, 1.807) is 0 Å². The highest BCUT2D eigenvalue weighted by Gasteiger charge is 2.15. The predicted molar refractivity (Wildman–Crippen MR) is 97.6 cm³/mol. The smallest absolute Gasteiger partial charge is 0.223 e. The molecule has 0 aromatic heterocycles. The molecule has 6 nitrogen and oxygen atoms in total. The third-order valence-corrected chi connectivity index (χ3v) is 3.84. The molecule has 0 saturated carbocycles. The first kappa shape index (κ1) is 24.2. The molecule has 0 fully saturated rings. The predicted octanol–water partition coefficient (Wildman–Crippen LogP) is 1.92. The molecule has 0 heterocycles. The molecule has 2 unspecified atom stereocenters. The van der Waals surface area contributed by atoms with E-state index < -0.39 is 6.17 Å². The average molecular weight is 365 g/mol. The minimum absolute atomic E-state index is 0.00624. The van der Waals surface area contributed by atoms with Crippen LogP contribution in [0, 0.1) is 5.92 Å². The van der Waals surface area contributed by atoms with Crippen LogP contribution in [0.25, 0.3) is 0 Å². The summed E-state index contributed by atoms with van der Waals surface area (Å²) in [5.74, 6) is -0.122. The molecule has 0 aliphatic heterocycles. The van der Waals surface area contributed by atoms with Crippen molar-refractivity contribution in [3.63, 3.8) is 0 Å². The van der Waals surface area contributed by atoms with Crippen LogP contribution in [0.5, 0.6) is 0 Å². The molecule has 0 saturated heterocycles. The number of carbonyl (C=O) groups is 1. The average Bonchev–Trinajstić information content (AvgIpc) is 2.61. The van der Waals surface area contributed by atoms with Crippen molar-refractivity contribution in [2.75, 3.05) is 52.7 Å². The highest BCUT2D eigenvalue weighted by molar-refractivity contribution is 5.78. The van der Waals surface area contributed by atoms with Crippen LogP contribution in [0.3, 0.4) is 0 Å². The van der Waals surface area contributed by atoms with E-state index in [0.717, 1.165) is 25.9 Å². The largest absolute Gasteiger partial charge is 0.377 e. The van der Waals surface area contributed by atoms with Gasteiger partial charge in [-0.2, -0.15) is 0 Å². The Kier molecular flexibility index (Phi) is 16.2. The van der Waals surface area contributed by atoms with Crippen LogP contribution in [0.2, 0.25) is 0 Å². The standard InChI is InChI=1S/C18H37FN2O4/c1-5-16(6-2)18(22)21-13-17(19)14-24-9-8-23-10-11-25-15(4)12-20-7-3/h15-17,20H,5-14H2,1-4H3,(H,21,22). The van der Waals surface area contributed by atoms with Gasteiger partial charge in [-0.1, -0.05) is 20.8 Å². The zero-order valence-corrected chi connectivity index (χ0v) is 16.3. The van der Waals surface area contributed by atoms with Crippen molar-refractivity contribution >= 4 is 5.91 Å². The monoisotopic (exact) mass is 364 g/mol. The number of likely N-dealkylation sites (N-methyl/N-ethyl adjacent to an activating group) is 1. The first-order valence-electron chi connectivity index (χ1n) is 9.44. The molecule has 0 spiro atoms. The van der Waals surface area contributed by atoms with E-state index in [-0.39, 0.29) is 31.1 Å². The molecule has 150 valence electrons. The maximum absolute atomic E-state index is 13.6. The van der Waals surface area contributed by atoms with Gasteiger partial charge in [-0.05, 0) is 26.3 Å². The molecule has 25 heavy (non-hydrogen) atoms. The van der Waals surface area contributed by atoms with Gasteiger partial charge in [-0.15, -0.1) is 0 Å². The van der Waals surface area contributed by atoms with Gasteiger partial charge in [0.25, 0.3) is 0 Å². The Morgan fingerprint density at radius 1 is 1.00 bits per heavy atom. The molecule has 1 amide bonds. The summed E-state index contributed by atoms with van der Waals surface area (Å²) in [5.41, 5.74) is 0. The van der Waals surface area contributed by atoms with E-state index >= 15 is 0 Å². The summed E-state index contributed by atoms with van der Waals surface area (Å²) in [6.45, 7) is 11.4. The van der Waals surface area contributed by atoms with Crippen LogP contribution in [-0.4, -0.2) is 70.9 Å². The van der Waals surface area contributed by atoms with Gasteiger partial charge in [0, 0.05) is 12.5 Å². The second kappa shape index (κ2) is 16.7. The summed E-state index contributed by atoms with van der Waals surface area (Å²) >= 11 is 0. The summed E-state index contributed by atoms with van der Waals surface area (Å²) in [5, 5.41) is 5.84. The van der Waals surface area contributed by atoms with Crippen LogP contribution in [0.4, 0.5) is 4.39 Å². The maximum atomic E-state index is 13.6. The lowest BCUT2D eigenvalue weighted by Gasteiger charge is -2.15. The number of amides is 1. The van der Waals surface area contributed by atoms with Gasteiger partial charge in [0.1, 0.15) is 6.17 Å². The molecule has 2 atom stereocenters. The summed E-state index contributed by atoms with van der Waals surface area (Å²) in [6.07, 6.45) is 0.492. The summed E-state index contributed by atoms with van der Waals surface area (Å²) < 4.78 is 29.8. The maximum Gasteiger partial charge on any atom is 0.223 e. The molecule has 0 aromatic rings. The number of ether oxygens (including phenoxy) is 3. The fourth-order valence-corrected chi connectivity index (χ4v) is 2.22. The van der Waals surface area contributed by atoms with Gasteiger partial charge in [0.2, 0.25) is 5.91 Å². The second-order valence-electron chi connectivity index (χ2n) is 6.03. The lowest BCUT2D eigenvalue weighted by Crippen LogP contribution is -2.36. The molecule has 0 bridgehead atoms. The number of alkyl halides is 1. The summed E-state index contributed by atoms with van der Waals surface area (Å²) in [6, 6.07) is 0. The number of hydrogen-bond donors (Lipinski definition) is 2. The van der Waals surface area contributed by atoms with E-state index in [0.29, 0.717) is 26.4 Å². The Morgan fingerprint density at radius 3 is 2.28 bits per heavy atom. The molecule has 2 N–H and O–H groups in total. The van der Waals surface area contributed by atoms with Gasteiger partial charge in [-0.3, -0.25) is 4.79 Å². The van der Waals surface area contributed by atoms with Crippen LogP contribution in [0.1, 0.15) is 40.5 Å². The fourth-order valence-electron chi connectivity index (χ4n) is 2.22. The molecule has 7 heteroatoms. The first-order valence-corrected chi connectivity index (χ1v) is 9.44.